The highest BCUT2D eigenvalue weighted by Gasteiger charge is 2.06. The summed E-state index contributed by atoms with van der Waals surface area (Å²) in [6, 6.07) is 15.3. The molecule has 0 aliphatic rings. The van der Waals surface area contributed by atoms with Crippen molar-refractivity contribution in [1.29, 1.82) is 0 Å². The van der Waals surface area contributed by atoms with Crippen molar-refractivity contribution >= 4 is 12.2 Å². The summed E-state index contributed by atoms with van der Waals surface area (Å²) in [7, 11) is 0. The van der Waals surface area contributed by atoms with Crippen LogP contribution in [-0.4, -0.2) is 25.3 Å². The quantitative estimate of drug-likeness (QED) is 0.757. The van der Waals surface area contributed by atoms with Crippen LogP contribution in [-0.2, 0) is 11.2 Å². The Bertz CT molecular complexity index is 678. The third-order valence-electron chi connectivity index (χ3n) is 3.79. The van der Waals surface area contributed by atoms with Crippen molar-refractivity contribution in [2.24, 2.45) is 0 Å². The lowest BCUT2D eigenvalue weighted by atomic mass is 10.0. The van der Waals surface area contributed by atoms with Crippen LogP contribution in [0.3, 0.4) is 0 Å². The van der Waals surface area contributed by atoms with Crippen LogP contribution >= 0.6 is 0 Å². The average molecular weight is 325 g/mol. The summed E-state index contributed by atoms with van der Waals surface area (Å²) >= 11 is 0. The number of hydrogen-bond donors (Lipinski definition) is 1. The topological polar surface area (TPSA) is 55.4 Å². The Kier molecular flexibility index (Phi) is 6.55. The Balaban J connectivity index is 1.74. The molecule has 126 valence electrons. The zero-order chi connectivity index (χ0) is 17.4. The Morgan fingerprint density at radius 2 is 1.83 bits per heavy atom. The predicted octanol–water partition coefficient (Wildman–Crippen LogP) is 3.36. The van der Waals surface area contributed by atoms with Gasteiger partial charge in [0.2, 0.25) is 0 Å². The Morgan fingerprint density at radius 3 is 2.50 bits per heavy atom. The maximum absolute atomic E-state index is 11.8. The molecule has 0 saturated carbocycles. The molecule has 0 aliphatic heterocycles. The third kappa shape index (κ3) is 5.23. The summed E-state index contributed by atoms with van der Waals surface area (Å²) < 4.78 is 5.39. The highest BCUT2D eigenvalue weighted by Crippen LogP contribution is 2.16. The van der Waals surface area contributed by atoms with Crippen molar-refractivity contribution in [2.75, 3.05) is 13.2 Å². The Labute approximate surface area is 142 Å². The minimum atomic E-state index is -0.200. The van der Waals surface area contributed by atoms with Gasteiger partial charge in [-0.15, -0.1) is 0 Å². The van der Waals surface area contributed by atoms with Gasteiger partial charge < -0.3 is 10.1 Å². The maximum Gasteiger partial charge on any atom is 0.257 e. The SMILES string of the molecule is CC(C)c1ccc(CCNC(=O)COc2ccccc2C=O)cc1. The lowest BCUT2D eigenvalue weighted by Gasteiger charge is -2.10. The van der Waals surface area contributed by atoms with Crippen LogP contribution in [0, 0.1) is 0 Å². The van der Waals surface area contributed by atoms with Crippen LogP contribution in [0.2, 0.25) is 0 Å². The zero-order valence-corrected chi connectivity index (χ0v) is 14.1. The van der Waals surface area contributed by atoms with E-state index in [0.29, 0.717) is 30.1 Å². The first-order valence-corrected chi connectivity index (χ1v) is 8.12. The summed E-state index contributed by atoms with van der Waals surface area (Å²) in [5, 5.41) is 2.82. The highest BCUT2D eigenvalue weighted by atomic mass is 16.5. The van der Waals surface area contributed by atoms with Crippen LogP contribution in [0.15, 0.2) is 48.5 Å². The van der Waals surface area contributed by atoms with Crippen molar-refractivity contribution in [3.63, 3.8) is 0 Å². The van der Waals surface area contributed by atoms with Crippen LogP contribution in [0.25, 0.3) is 0 Å². The molecule has 0 bridgehead atoms. The molecule has 2 aromatic carbocycles. The van der Waals surface area contributed by atoms with Gasteiger partial charge in [0.25, 0.3) is 5.91 Å². The van der Waals surface area contributed by atoms with Gasteiger partial charge in [0, 0.05) is 6.54 Å². The fraction of sp³-hybridized carbons (Fsp3) is 0.300. The zero-order valence-electron chi connectivity index (χ0n) is 14.1. The minimum Gasteiger partial charge on any atom is -0.483 e. The number of carbonyl (C=O) groups is 2. The second-order valence-electron chi connectivity index (χ2n) is 5.94. The molecular weight excluding hydrogens is 302 g/mol. The van der Waals surface area contributed by atoms with Gasteiger partial charge in [-0.2, -0.15) is 0 Å². The number of aldehydes is 1. The summed E-state index contributed by atoms with van der Waals surface area (Å²) in [6.45, 7) is 4.78. The van der Waals surface area contributed by atoms with Gasteiger partial charge in [-0.3, -0.25) is 9.59 Å². The molecular formula is C20H23NO3. The molecule has 0 radical (unpaired) electrons. The van der Waals surface area contributed by atoms with Gasteiger partial charge in [0.1, 0.15) is 5.75 Å². The number of para-hydroxylation sites is 1. The molecule has 2 rings (SSSR count). The van der Waals surface area contributed by atoms with Gasteiger partial charge in [-0.1, -0.05) is 50.2 Å². The monoisotopic (exact) mass is 325 g/mol. The normalized spacial score (nSPS) is 10.5. The van der Waals surface area contributed by atoms with E-state index in [0.717, 1.165) is 6.42 Å². The van der Waals surface area contributed by atoms with Crippen molar-refractivity contribution in [1.82, 2.24) is 5.32 Å². The average Bonchev–Trinajstić information content (AvgIpc) is 2.60. The molecule has 2 aromatic rings. The number of hydrogen-bond acceptors (Lipinski definition) is 3. The molecule has 0 unspecified atom stereocenters. The van der Waals surface area contributed by atoms with Gasteiger partial charge in [0.05, 0.1) is 5.56 Å². The minimum absolute atomic E-state index is 0.100. The standard InChI is InChI=1S/C20H23NO3/c1-15(2)17-9-7-16(8-10-17)11-12-21-20(23)14-24-19-6-4-3-5-18(19)13-22/h3-10,13,15H,11-12,14H2,1-2H3,(H,21,23). The van der Waals surface area contributed by atoms with E-state index in [9.17, 15) is 9.59 Å². The lowest BCUT2D eigenvalue weighted by Crippen LogP contribution is -2.30. The number of amides is 1. The number of ether oxygens (including phenoxy) is 1. The van der Waals surface area contributed by atoms with Gasteiger partial charge in [-0.05, 0) is 35.6 Å². The fourth-order valence-electron chi connectivity index (χ4n) is 2.32. The molecule has 0 heterocycles. The van der Waals surface area contributed by atoms with Crippen molar-refractivity contribution in [2.45, 2.75) is 26.2 Å². The maximum atomic E-state index is 11.8. The molecule has 1 N–H and O–H groups in total. The fourth-order valence-corrected chi connectivity index (χ4v) is 2.32. The van der Waals surface area contributed by atoms with Crippen molar-refractivity contribution in [3.8, 4) is 5.75 Å². The van der Waals surface area contributed by atoms with Crippen LogP contribution in [0.4, 0.5) is 0 Å². The summed E-state index contributed by atoms with van der Waals surface area (Å²) in [6.07, 6.45) is 1.49. The van der Waals surface area contributed by atoms with Gasteiger partial charge in [-0.25, -0.2) is 0 Å². The van der Waals surface area contributed by atoms with E-state index in [1.165, 1.54) is 11.1 Å². The largest absolute Gasteiger partial charge is 0.483 e. The van der Waals surface area contributed by atoms with E-state index in [1.807, 2.05) is 0 Å². The molecule has 0 aromatic heterocycles. The van der Waals surface area contributed by atoms with E-state index < -0.39 is 0 Å². The molecule has 1 amide bonds. The molecule has 4 heteroatoms. The third-order valence-corrected chi connectivity index (χ3v) is 3.79. The number of rotatable bonds is 8. The molecule has 0 spiro atoms. The molecule has 4 nitrogen and oxygen atoms in total. The molecule has 0 fully saturated rings. The molecule has 0 saturated heterocycles. The van der Waals surface area contributed by atoms with E-state index >= 15 is 0 Å². The van der Waals surface area contributed by atoms with Crippen molar-refractivity contribution in [3.05, 3.63) is 65.2 Å². The van der Waals surface area contributed by atoms with Crippen LogP contribution in [0.1, 0.15) is 41.3 Å². The van der Waals surface area contributed by atoms with Gasteiger partial charge >= 0.3 is 0 Å². The summed E-state index contributed by atoms with van der Waals surface area (Å²) in [4.78, 5) is 22.7. The first-order chi connectivity index (χ1) is 11.6. The van der Waals surface area contributed by atoms with E-state index in [1.54, 1.807) is 24.3 Å². The number of carbonyl (C=O) groups excluding carboxylic acids is 2. The first-order valence-electron chi connectivity index (χ1n) is 8.12. The second kappa shape index (κ2) is 8.87. The lowest BCUT2D eigenvalue weighted by molar-refractivity contribution is -0.123. The highest BCUT2D eigenvalue weighted by molar-refractivity contribution is 5.80. The first kappa shape index (κ1) is 17.7. The molecule has 0 aliphatic carbocycles. The molecule has 0 atom stereocenters. The Hall–Kier alpha value is -2.62. The molecule has 24 heavy (non-hydrogen) atoms. The predicted molar refractivity (Wildman–Crippen MR) is 94.6 cm³/mol. The van der Waals surface area contributed by atoms with E-state index in [2.05, 4.69) is 43.4 Å². The smallest absolute Gasteiger partial charge is 0.257 e. The van der Waals surface area contributed by atoms with Crippen molar-refractivity contribution < 1.29 is 14.3 Å². The number of nitrogens with one attached hydrogen (secondary N) is 1. The second-order valence-corrected chi connectivity index (χ2v) is 5.94. The van der Waals surface area contributed by atoms with E-state index in [4.69, 9.17) is 4.74 Å². The van der Waals surface area contributed by atoms with Crippen LogP contribution in [0.5, 0.6) is 5.75 Å². The Morgan fingerprint density at radius 1 is 1.12 bits per heavy atom. The van der Waals surface area contributed by atoms with Crippen LogP contribution < -0.4 is 10.1 Å². The summed E-state index contributed by atoms with van der Waals surface area (Å²) in [5.41, 5.74) is 2.94. The summed E-state index contributed by atoms with van der Waals surface area (Å²) in [5.74, 6) is 0.742. The van der Waals surface area contributed by atoms with E-state index in [-0.39, 0.29) is 12.5 Å². The number of benzene rings is 2. The van der Waals surface area contributed by atoms with Gasteiger partial charge in [0.15, 0.2) is 12.9 Å².